The van der Waals surface area contributed by atoms with Crippen LogP contribution in [-0.4, -0.2) is 48.0 Å². The predicted octanol–water partition coefficient (Wildman–Crippen LogP) is 5.73. The first kappa shape index (κ1) is 24.8. The summed E-state index contributed by atoms with van der Waals surface area (Å²) in [4.78, 5) is 33.5. The van der Waals surface area contributed by atoms with Crippen molar-refractivity contribution >= 4 is 51.4 Å². The molecule has 0 radical (unpaired) electrons. The number of carbonyl (C=O) groups excluding carboxylic acids is 2. The number of benzene rings is 2. The zero-order valence-corrected chi connectivity index (χ0v) is 20.1. The lowest BCUT2D eigenvalue weighted by molar-refractivity contribution is -0.137. The van der Waals surface area contributed by atoms with Gasteiger partial charge in [0.2, 0.25) is 0 Å². The second-order valence-corrected chi connectivity index (χ2v) is 9.29. The van der Waals surface area contributed by atoms with E-state index in [0.29, 0.717) is 53.1 Å². The predicted molar refractivity (Wildman–Crippen MR) is 131 cm³/mol. The summed E-state index contributed by atoms with van der Waals surface area (Å²) in [5, 5.41) is 6.02. The molecule has 1 saturated heterocycles. The molecule has 0 aliphatic carbocycles. The van der Waals surface area contributed by atoms with E-state index in [1.807, 2.05) is 4.90 Å². The van der Waals surface area contributed by atoms with Crippen LogP contribution in [0.5, 0.6) is 0 Å². The molecule has 0 spiro atoms. The molecule has 35 heavy (non-hydrogen) atoms. The van der Waals surface area contributed by atoms with Gasteiger partial charge in [0.15, 0.2) is 5.13 Å². The van der Waals surface area contributed by atoms with Crippen LogP contribution < -0.4 is 15.5 Å². The van der Waals surface area contributed by atoms with Gasteiger partial charge in [-0.2, -0.15) is 13.2 Å². The van der Waals surface area contributed by atoms with Crippen LogP contribution in [0.3, 0.4) is 0 Å². The minimum atomic E-state index is -4.41. The Hall–Kier alpha value is -3.31. The second kappa shape index (κ2) is 10.1. The number of halogens is 4. The highest BCUT2D eigenvalue weighted by Crippen LogP contribution is 2.32. The Kier molecular flexibility index (Phi) is 7.18. The topological polar surface area (TPSA) is 77.6 Å². The Labute approximate surface area is 208 Å². The van der Waals surface area contributed by atoms with Crippen LogP contribution in [0.2, 0.25) is 5.02 Å². The van der Waals surface area contributed by atoms with Crippen molar-refractivity contribution in [1.82, 2.24) is 9.88 Å². The van der Waals surface area contributed by atoms with Gasteiger partial charge in [0.05, 0.1) is 11.3 Å². The van der Waals surface area contributed by atoms with E-state index >= 15 is 0 Å². The van der Waals surface area contributed by atoms with E-state index in [1.54, 1.807) is 42.2 Å². The molecule has 1 aliphatic heterocycles. The molecule has 4 rings (SSSR count). The summed E-state index contributed by atoms with van der Waals surface area (Å²) in [5.41, 5.74) is 0.767. The lowest BCUT2D eigenvalue weighted by atomic mass is 10.1. The van der Waals surface area contributed by atoms with Crippen LogP contribution >= 0.6 is 22.9 Å². The average molecular weight is 524 g/mol. The molecule has 1 aliphatic rings. The van der Waals surface area contributed by atoms with Crippen LogP contribution in [0.1, 0.15) is 20.9 Å². The summed E-state index contributed by atoms with van der Waals surface area (Å²) >= 11 is 6.98. The van der Waals surface area contributed by atoms with Crippen LogP contribution in [0.25, 0.3) is 0 Å². The first-order valence-corrected chi connectivity index (χ1v) is 11.8. The number of anilines is 3. The number of rotatable bonds is 4. The first-order valence-electron chi connectivity index (χ1n) is 10.6. The number of urea groups is 1. The van der Waals surface area contributed by atoms with Gasteiger partial charge in [0.1, 0.15) is 4.88 Å². The van der Waals surface area contributed by atoms with Crippen molar-refractivity contribution < 1.29 is 22.8 Å². The highest BCUT2D eigenvalue weighted by molar-refractivity contribution is 7.17. The molecule has 2 N–H and O–H groups in total. The summed E-state index contributed by atoms with van der Waals surface area (Å²) in [6.45, 7) is 3.19. The molecule has 1 fully saturated rings. The zero-order valence-electron chi connectivity index (χ0n) is 18.5. The van der Waals surface area contributed by atoms with Gasteiger partial charge in [-0.05, 0) is 43.3 Å². The van der Waals surface area contributed by atoms with Gasteiger partial charge in [-0.15, -0.1) is 0 Å². The monoisotopic (exact) mass is 523 g/mol. The molecule has 0 saturated carbocycles. The van der Waals surface area contributed by atoms with E-state index in [0.717, 1.165) is 23.5 Å². The van der Waals surface area contributed by atoms with Gasteiger partial charge >= 0.3 is 12.2 Å². The molecule has 1 aromatic heterocycles. The van der Waals surface area contributed by atoms with Gasteiger partial charge in [-0.3, -0.25) is 10.1 Å². The Bertz CT molecular complexity index is 1240. The molecule has 2 heterocycles. The Morgan fingerprint density at radius 1 is 1.03 bits per heavy atom. The van der Waals surface area contributed by atoms with E-state index in [4.69, 9.17) is 11.6 Å². The van der Waals surface area contributed by atoms with Crippen LogP contribution in [0.15, 0.2) is 48.5 Å². The number of carbonyl (C=O) groups is 2. The number of nitrogens with one attached hydrogen (secondary N) is 2. The molecule has 3 amide bonds. The third kappa shape index (κ3) is 6.04. The van der Waals surface area contributed by atoms with Gasteiger partial charge < -0.3 is 15.1 Å². The third-order valence-corrected chi connectivity index (χ3v) is 6.70. The van der Waals surface area contributed by atoms with E-state index in [9.17, 15) is 22.8 Å². The Balaban J connectivity index is 1.36. The number of hydrogen-bond donors (Lipinski definition) is 2. The van der Waals surface area contributed by atoms with Crippen molar-refractivity contribution in [1.29, 1.82) is 0 Å². The number of nitrogens with zero attached hydrogens (tertiary/aromatic N) is 3. The van der Waals surface area contributed by atoms with E-state index in [2.05, 4.69) is 15.6 Å². The second-order valence-electron chi connectivity index (χ2n) is 7.85. The maximum atomic E-state index is 13.1. The number of aromatic nitrogens is 1. The number of thiazole rings is 1. The van der Waals surface area contributed by atoms with E-state index in [-0.39, 0.29) is 11.0 Å². The van der Waals surface area contributed by atoms with Crippen molar-refractivity contribution in [3.8, 4) is 0 Å². The fraction of sp³-hybridized carbons (Fsp3) is 0.261. The van der Waals surface area contributed by atoms with E-state index in [1.165, 1.54) is 6.07 Å². The Morgan fingerprint density at radius 2 is 1.74 bits per heavy atom. The molecule has 12 heteroatoms. The van der Waals surface area contributed by atoms with E-state index < -0.39 is 17.8 Å². The largest absolute Gasteiger partial charge is 0.416 e. The SMILES string of the molecule is Cc1nc(NC(=O)Nc2cccc(Cl)c2)sc1C(=O)N1CCN(c2cccc(C(F)(F)F)c2)CC1. The summed E-state index contributed by atoms with van der Waals surface area (Å²) in [5.74, 6) is -0.230. The smallest absolute Gasteiger partial charge is 0.368 e. The lowest BCUT2D eigenvalue weighted by Crippen LogP contribution is -2.48. The molecular formula is C23H21ClF3N5O2S. The third-order valence-electron chi connectivity index (χ3n) is 5.40. The van der Waals surface area contributed by atoms with Crippen molar-refractivity contribution in [3.63, 3.8) is 0 Å². The fourth-order valence-electron chi connectivity index (χ4n) is 3.66. The first-order chi connectivity index (χ1) is 16.6. The number of amides is 3. The fourth-order valence-corrected chi connectivity index (χ4v) is 4.78. The highest BCUT2D eigenvalue weighted by atomic mass is 35.5. The van der Waals surface area contributed by atoms with Crippen molar-refractivity contribution in [2.45, 2.75) is 13.1 Å². The number of alkyl halides is 3. The molecule has 0 bridgehead atoms. The molecule has 2 aromatic carbocycles. The summed E-state index contributed by atoms with van der Waals surface area (Å²) in [7, 11) is 0. The van der Waals surface area contributed by atoms with Crippen molar-refractivity contribution in [3.05, 3.63) is 69.7 Å². The molecule has 0 atom stereocenters. The summed E-state index contributed by atoms with van der Waals surface area (Å²) < 4.78 is 39.1. The highest BCUT2D eigenvalue weighted by Gasteiger charge is 2.31. The standard InChI is InChI=1S/C23H21ClF3N5O2S/c1-14-19(35-22(28-14)30-21(34)29-17-6-3-5-16(24)13-17)20(33)32-10-8-31(9-11-32)18-7-2-4-15(12-18)23(25,26)27/h2-7,12-13H,8-11H2,1H3,(H2,28,29,30,34). The van der Waals surface area contributed by atoms with Gasteiger partial charge in [-0.25, -0.2) is 9.78 Å². The van der Waals surface area contributed by atoms with Crippen molar-refractivity contribution in [2.75, 3.05) is 41.7 Å². The van der Waals surface area contributed by atoms with Gasteiger partial charge in [-0.1, -0.05) is 35.1 Å². The van der Waals surface area contributed by atoms with Crippen molar-refractivity contribution in [2.24, 2.45) is 0 Å². The van der Waals surface area contributed by atoms with Gasteiger partial charge in [0, 0.05) is 42.6 Å². The zero-order chi connectivity index (χ0) is 25.2. The average Bonchev–Trinajstić information content (AvgIpc) is 3.17. The quantitative estimate of drug-likeness (QED) is 0.458. The maximum absolute atomic E-state index is 13.1. The minimum Gasteiger partial charge on any atom is -0.368 e. The summed E-state index contributed by atoms with van der Waals surface area (Å²) in [6.07, 6.45) is -4.41. The molecular weight excluding hydrogens is 503 g/mol. The number of hydrogen-bond acceptors (Lipinski definition) is 5. The molecule has 184 valence electrons. The Morgan fingerprint density at radius 3 is 2.43 bits per heavy atom. The normalized spacial score (nSPS) is 14.1. The molecule has 3 aromatic rings. The maximum Gasteiger partial charge on any atom is 0.416 e. The number of aryl methyl sites for hydroxylation is 1. The van der Waals surface area contributed by atoms with Crippen LogP contribution in [0, 0.1) is 6.92 Å². The summed E-state index contributed by atoms with van der Waals surface area (Å²) in [6, 6.07) is 11.3. The van der Waals surface area contributed by atoms with Crippen LogP contribution in [0.4, 0.5) is 34.5 Å². The van der Waals surface area contributed by atoms with Gasteiger partial charge in [0.25, 0.3) is 5.91 Å². The molecule has 0 unspecified atom stereocenters. The number of piperazine rings is 1. The minimum absolute atomic E-state index is 0.230. The molecule has 7 nitrogen and oxygen atoms in total. The van der Waals surface area contributed by atoms with Crippen LogP contribution in [-0.2, 0) is 6.18 Å². The lowest BCUT2D eigenvalue weighted by Gasteiger charge is -2.36.